The van der Waals surface area contributed by atoms with E-state index in [4.69, 9.17) is 4.74 Å². The minimum Gasteiger partial charge on any atom is -0.463 e. The highest BCUT2D eigenvalue weighted by atomic mass is 16.6. The van der Waals surface area contributed by atoms with Crippen molar-refractivity contribution in [2.75, 3.05) is 6.61 Å². The zero-order chi connectivity index (χ0) is 14.9. The zero-order valence-electron chi connectivity index (χ0n) is 10.4. The summed E-state index contributed by atoms with van der Waals surface area (Å²) in [5.74, 6) is -0.571. The Hall–Kier alpha value is -2.04. The van der Waals surface area contributed by atoms with E-state index in [2.05, 4.69) is 9.84 Å². The highest BCUT2D eigenvalue weighted by molar-refractivity contribution is 5.65. The van der Waals surface area contributed by atoms with E-state index in [-0.39, 0.29) is 6.61 Å². The fourth-order valence-electron chi connectivity index (χ4n) is 1.81. The van der Waals surface area contributed by atoms with Crippen LogP contribution in [0, 0.1) is 0 Å². The molecular formula is C10H13N3O7. The van der Waals surface area contributed by atoms with Gasteiger partial charge in [0.25, 0.3) is 5.56 Å². The molecular weight excluding hydrogens is 274 g/mol. The fraction of sp³-hybridized carbons (Fsp3) is 0.600. The first-order valence-electron chi connectivity index (χ1n) is 5.73. The Balaban J connectivity index is 2.19. The van der Waals surface area contributed by atoms with Crippen LogP contribution in [0.5, 0.6) is 0 Å². The van der Waals surface area contributed by atoms with Crippen LogP contribution in [-0.4, -0.2) is 55.9 Å². The highest BCUT2D eigenvalue weighted by Crippen LogP contribution is 2.27. The standard InChI is InChI=1S/C10H13N3O7/c1-4(14)19-3-5-7(16)8(17)9(20-5)13-10(18)12-6(15)2-11-13/h2,5,7-9,16-17H,3H2,1H3,(H,12,15,18)/t5-,7?,8?,9-/m1/s1. The first-order chi connectivity index (χ1) is 9.40. The van der Waals surface area contributed by atoms with Crippen LogP contribution in [0.2, 0.25) is 0 Å². The SMILES string of the molecule is CC(=O)OC[C@H]1O[C@@H](n2ncc(=O)[nH]c2=O)C(O)C1O. The van der Waals surface area contributed by atoms with E-state index >= 15 is 0 Å². The van der Waals surface area contributed by atoms with Crippen molar-refractivity contribution in [1.29, 1.82) is 0 Å². The molecule has 110 valence electrons. The van der Waals surface area contributed by atoms with E-state index in [0.29, 0.717) is 4.68 Å². The molecule has 3 N–H and O–H groups in total. The van der Waals surface area contributed by atoms with E-state index in [1.165, 1.54) is 6.92 Å². The summed E-state index contributed by atoms with van der Waals surface area (Å²) in [6.07, 6.45) is -4.26. The van der Waals surface area contributed by atoms with Crippen LogP contribution in [0.1, 0.15) is 13.2 Å². The molecule has 0 saturated carbocycles. The molecule has 2 heterocycles. The molecule has 0 spiro atoms. The van der Waals surface area contributed by atoms with Crippen LogP contribution in [0.15, 0.2) is 15.8 Å². The molecule has 0 aliphatic carbocycles. The summed E-state index contributed by atoms with van der Waals surface area (Å²) >= 11 is 0. The van der Waals surface area contributed by atoms with Crippen LogP contribution >= 0.6 is 0 Å². The maximum absolute atomic E-state index is 11.5. The van der Waals surface area contributed by atoms with Crippen LogP contribution in [-0.2, 0) is 14.3 Å². The van der Waals surface area contributed by atoms with Crippen molar-refractivity contribution in [2.24, 2.45) is 0 Å². The number of esters is 1. The number of nitrogens with zero attached hydrogens (tertiary/aromatic N) is 2. The van der Waals surface area contributed by atoms with Gasteiger partial charge in [0.1, 0.15) is 31.1 Å². The van der Waals surface area contributed by atoms with Crippen LogP contribution in [0.25, 0.3) is 0 Å². The average molecular weight is 287 g/mol. The molecule has 10 heteroatoms. The molecule has 1 aliphatic rings. The van der Waals surface area contributed by atoms with Crippen LogP contribution in [0.4, 0.5) is 0 Å². The van der Waals surface area contributed by atoms with Gasteiger partial charge < -0.3 is 19.7 Å². The molecule has 0 bridgehead atoms. The van der Waals surface area contributed by atoms with Gasteiger partial charge in [0.15, 0.2) is 6.23 Å². The second kappa shape index (κ2) is 5.53. The largest absolute Gasteiger partial charge is 0.463 e. The average Bonchev–Trinajstić information content (AvgIpc) is 2.64. The van der Waals surface area contributed by atoms with Crippen molar-refractivity contribution in [2.45, 2.75) is 31.5 Å². The third-order valence-electron chi connectivity index (χ3n) is 2.77. The molecule has 0 radical (unpaired) electrons. The first kappa shape index (κ1) is 14.4. The molecule has 2 rings (SSSR count). The normalized spacial score (nSPS) is 29.4. The molecule has 1 aromatic heterocycles. The van der Waals surface area contributed by atoms with Gasteiger partial charge in [0.05, 0.1) is 0 Å². The highest BCUT2D eigenvalue weighted by Gasteiger charge is 2.45. The molecule has 10 nitrogen and oxygen atoms in total. The van der Waals surface area contributed by atoms with Gasteiger partial charge in [-0.2, -0.15) is 9.78 Å². The second-order valence-electron chi connectivity index (χ2n) is 4.23. The van der Waals surface area contributed by atoms with E-state index in [1.54, 1.807) is 0 Å². The van der Waals surface area contributed by atoms with Crippen LogP contribution in [0.3, 0.4) is 0 Å². The van der Waals surface area contributed by atoms with Gasteiger partial charge in [-0.3, -0.25) is 14.6 Å². The minimum absolute atomic E-state index is 0.276. The van der Waals surface area contributed by atoms with Gasteiger partial charge >= 0.3 is 11.7 Å². The molecule has 20 heavy (non-hydrogen) atoms. The molecule has 1 saturated heterocycles. The van der Waals surface area contributed by atoms with Crippen molar-refractivity contribution in [3.8, 4) is 0 Å². The number of aliphatic hydroxyl groups excluding tert-OH is 2. The minimum atomic E-state index is -1.45. The molecule has 4 atom stereocenters. The third kappa shape index (κ3) is 2.76. The van der Waals surface area contributed by atoms with Gasteiger partial charge in [-0.15, -0.1) is 0 Å². The van der Waals surface area contributed by atoms with Crippen molar-refractivity contribution in [1.82, 2.24) is 14.8 Å². The lowest BCUT2D eigenvalue weighted by atomic mass is 10.1. The number of aromatic nitrogens is 3. The number of H-pyrrole nitrogens is 1. The Morgan fingerprint density at radius 1 is 1.50 bits per heavy atom. The van der Waals surface area contributed by atoms with E-state index in [0.717, 1.165) is 6.20 Å². The number of aromatic amines is 1. The van der Waals surface area contributed by atoms with E-state index in [1.807, 2.05) is 4.98 Å². The maximum Gasteiger partial charge on any atom is 0.347 e. The number of carbonyl (C=O) groups excluding carboxylic acids is 1. The fourth-order valence-corrected chi connectivity index (χ4v) is 1.81. The third-order valence-corrected chi connectivity index (χ3v) is 2.77. The quantitative estimate of drug-likeness (QED) is 0.503. The van der Waals surface area contributed by atoms with Gasteiger partial charge in [0, 0.05) is 6.92 Å². The van der Waals surface area contributed by atoms with Gasteiger partial charge in [0.2, 0.25) is 0 Å². The number of carbonyl (C=O) groups is 1. The Kier molecular flexibility index (Phi) is 3.97. The number of ether oxygens (including phenoxy) is 2. The summed E-state index contributed by atoms with van der Waals surface area (Å²) < 4.78 is 10.6. The topological polar surface area (TPSA) is 144 Å². The molecule has 1 fully saturated rings. The first-order valence-corrected chi connectivity index (χ1v) is 5.73. The van der Waals surface area contributed by atoms with E-state index in [9.17, 15) is 24.6 Å². The summed E-state index contributed by atoms with van der Waals surface area (Å²) in [6.45, 7) is 0.908. The molecule has 1 aromatic rings. The summed E-state index contributed by atoms with van der Waals surface area (Å²) in [7, 11) is 0. The lowest BCUT2D eigenvalue weighted by Crippen LogP contribution is -2.39. The summed E-state index contributed by atoms with van der Waals surface area (Å²) in [5, 5.41) is 23.1. The maximum atomic E-state index is 11.5. The second-order valence-corrected chi connectivity index (χ2v) is 4.23. The number of hydrogen-bond acceptors (Lipinski definition) is 8. The number of hydrogen-bond donors (Lipinski definition) is 3. The summed E-state index contributed by atoms with van der Waals surface area (Å²) in [6, 6.07) is 0. The molecule has 0 amide bonds. The molecule has 0 aromatic carbocycles. The Morgan fingerprint density at radius 3 is 2.80 bits per heavy atom. The predicted octanol–water partition coefficient (Wildman–Crippen LogP) is -2.89. The van der Waals surface area contributed by atoms with E-state index < -0.39 is 41.8 Å². The van der Waals surface area contributed by atoms with Gasteiger partial charge in [-0.05, 0) is 0 Å². The number of rotatable bonds is 3. The number of aliphatic hydroxyl groups is 2. The van der Waals surface area contributed by atoms with Crippen molar-refractivity contribution < 1.29 is 24.5 Å². The van der Waals surface area contributed by atoms with Crippen molar-refractivity contribution in [3.05, 3.63) is 27.0 Å². The van der Waals surface area contributed by atoms with Gasteiger partial charge in [-0.1, -0.05) is 0 Å². The Morgan fingerprint density at radius 2 is 2.20 bits per heavy atom. The van der Waals surface area contributed by atoms with Crippen molar-refractivity contribution >= 4 is 5.97 Å². The van der Waals surface area contributed by atoms with Gasteiger partial charge in [-0.25, -0.2) is 4.79 Å². The van der Waals surface area contributed by atoms with Crippen molar-refractivity contribution in [3.63, 3.8) is 0 Å². The predicted molar refractivity (Wildman–Crippen MR) is 61.7 cm³/mol. The summed E-state index contributed by atoms with van der Waals surface area (Å²) in [4.78, 5) is 35.1. The smallest absolute Gasteiger partial charge is 0.347 e. The molecule has 1 aliphatic heterocycles. The molecule has 2 unspecified atom stereocenters. The van der Waals surface area contributed by atoms with Crippen LogP contribution < -0.4 is 11.2 Å². The number of nitrogens with one attached hydrogen (secondary N) is 1. The monoisotopic (exact) mass is 287 g/mol. The summed E-state index contributed by atoms with van der Waals surface area (Å²) in [5.41, 5.74) is -1.59. The Bertz CT molecular complexity index is 609. The Labute approximate surface area is 111 Å². The lowest BCUT2D eigenvalue weighted by Gasteiger charge is -2.15. The zero-order valence-corrected chi connectivity index (χ0v) is 10.4. The lowest BCUT2D eigenvalue weighted by molar-refractivity contribution is -0.147.